The van der Waals surface area contributed by atoms with E-state index in [1.54, 1.807) is 6.07 Å². The smallest absolute Gasteiger partial charge is 0.307 e. The second-order valence-corrected chi connectivity index (χ2v) is 6.73. The number of hydrogen-bond acceptors (Lipinski definition) is 3. The number of benzene rings is 1. The highest BCUT2D eigenvalue weighted by Gasteiger charge is 2.28. The Morgan fingerprint density at radius 1 is 1.52 bits per heavy atom. The van der Waals surface area contributed by atoms with Gasteiger partial charge in [-0.15, -0.1) is 0 Å². The van der Waals surface area contributed by atoms with E-state index in [9.17, 15) is 9.18 Å². The van der Waals surface area contributed by atoms with Crippen LogP contribution >= 0.6 is 0 Å². The SMILES string of the molecule is CCC(C)CN(C)c1ccc(F)cc1CN1CCC(C(=O)O)C1. The van der Waals surface area contributed by atoms with Crippen LogP contribution in [0.3, 0.4) is 0 Å². The first-order valence-electron chi connectivity index (χ1n) is 8.35. The fourth-order valence-electron chi connectivity index (χ4n) is 3.17. The molecule has 0 aromatic heterocycles. The molecule has 1 aliphatic rings. The lowest BCUT2D eigenvalue weighted by Crippen LogP contribution is -2.27. The van der Waals surface area contributed by atoms with Crippen molar-refractivity contribution in [1.82, 2.24) is 4.90 Å². The van der Waals surface area contributed by atoms with Gasteiger partial charge in [-0.3, -0.25) is 9.69 Å². The Morgan fingerprint density at radius 3 is 2.87 bits per heavy atom. The van der Waals surface area contributed by atoms with Gasteiger partial charge in [0.1, 0.15) is 5.82 Å². The highest BCUT2D eigenvalue weighted by molar-refractivity contribution is 5.70. The Kier molecular flexibility index (Phi) is 5.99. The molecule has 2 unspecified atom stereocenters. The molecule has 2 atom stereocenters. The predicted molar refractivity (Wildman–Crippen MR) is 90.1 cm³/mol. The molecular formula is C18H27FN2O2. The third kappa shape index (κ3) is 4.67. The van der Waals surface area contributed by atoms with Gasteiger partial charge in [-0.2, -0.15) is 0 Å². The maximum Gasteiger partial charge on any atom is 0.307 e. The van der Waals surface area contributed by atoms with E-state index in [4.69, 9.17) is 5.11 Å². The van der Waals surface area contributed by atoms with Gasteiger partial charge in [-0.05, 0) is 42.6 Å². The minimum absolute atomic E-state index is 0.241. The van der Waals surface area contributed by atoms with Crippen LogP contribution in [0.15, 0.2) is 18.2 Å². The number of likely N-dealkylation sites (tertiary alicyclic amines) is 1. The first kappa shape index (κ1) is 17.7. The number of rotatable bonds is 7. The van der Waals surface area contributed by atoms with Crippen molar-refractivity contribution >= 4 is 11.7 Å². The van der Waals surface area contributed by atoms with E-state index in [2.05, 4.69) is 23.6 Å². The van der Waals surface area contributed by atoms with Crippen molar-refractivity contribution in [3.63, 3.8) is 0 Å². The van der Waals surface area contributed by atoms with E-state index in [0.717, 1.165) is 30.8 Å². The first-order chi connectivity index (χ1) is 10.9. The molecule has 128 valence electrons. The molecule has 1 aromatic rings. The fourth-order valence-corrected chi connectivity index (χ4v) is 3.17. The molecular weight excluding hydrogens is 295 g/mol. The zero-order chi connectivity index (χ0) is 17.0. The summed E-state index contributed by atoms with van der Waals surface area (Å²) in [6, 6.07) is 4.91. The summed E-state index contributed by atoms with van der Waals surface area (Å²) in [6.45, 7) is 7.19. The average Bonchev–Trinajstić information content (AvgIpc) is 2.95. The Labute approximate surface area is 137 Å². The van der Waals surface area contributed by atoms with Gasteiger partial charge >= 0.3 is 5.97 Å². The normalized spacial score (nSPS) is 19.7. The van der Waals surface area contributed by atoms with Gasteiger partial charge in [-0.1, -0.05) is 20.3 Å². The van der Waals surface area contributed by atoms with Crippen LogP contribution in [0.5, 0.6) is 0 Å². The molecule has 23 heavy (non-hydrogen) atoms. The Balaban J connectivity index is 2.11. The van der Waals surface area contributed by atoms with Crippen molar-refractivity contribution in [3.8, 4) is 0 Å². The van der Waals surface area contributed by atoms with E-state index >= 15 is 0 Å². The summed E-state index contributed by atoms with van der Waals surface area (Å²) >= 11 is 0. The lowest BCUT2D eigenvalue weighted by atomic mass is 10.1. The molecule has 1 fully saturated rings. The maximum absolute atomic E-state index is 13.7. The Morgan fingerprint density at radius 2 is 2.26 bits per heavy atom. The van der Waals surface area contributed by atoms with E-state index < -0.39 is 5.97 Å². The number of carbonyl (C=O) groups is 1. The molecule has 0 bridgehead atoms. The molecule has 1 heterocycles. The molecule has 1 aliphatic heterocycles. The summed E-state index contributed by atoms with van der Waals surface area (Å²) in [5, 5.41) is 9.12. The lowest BCUT2D eigenvalue weighted by molar-refractivity contribution is -0.141. The van der Waals surface area contributed by atoms with E-state index in [0.29, 0.717) is 25.4 Å². The predicted octanol–water partition coefficient (Wildman–Crippen LogP) is 3.21. The second-order valence-electron chi connectivity index (χ2n) is 6.73. The number of halogens is 1. The van der Waals surface area contributed by atoms with Gasteiger partial charge < -0.3 is 10.0 Å². The zero-order valence-corrected chi connectivity index (χ0v) is 14.3. The van der Waals surface area contributed by atoms with Crippen molar-refractivity contribution < 1.29 is 14.3 Å². The quantitative estimate of drug-likeness (QED) is 0.837. The molecule has 0 aliphatic carbocycles. The van der Waals surface area contributed by atoms with Gasteiger partial charge in [0.15, 0.2) is 0 Å². The van der Waals surface area contributed by atoms with Crippen LogP contribution in [0.4, 0.5) is 10.1 Å². The standard InChI is InChI=1S/C18H27FN2O2/c1-4-13(2)10-20(3)17-6-5-16(19)9-15(17)12-21-8-7-14(11-21)18(22)23/h5-6,9,13-14H,4,7-8,10-12H2,1-3H3,(H,22,23). The van der Waals surface area contributed by atoms with Crippen LogP contribution in [-0.4, -0.2) is 42.7 Å². The van der Waals surface area contributed by atoms with Crippen LogP contribution in [0.2, 0.25) is 0 Å². The summed E-state index contributed by atoms with van der Waals surface area (Å²) in [6.07, 6.45) is 1.77. The van der Waals surface area contributed by atoms with Crippen LogP contribution in [0, 0.1) is 17.7 Å². The van der Waals surface area contributed by atoms with E-state index in [-0.39, 0.29) is 11.7 Å². The molecule has 0 saturated carbocycles. The van der Waals surface area contributed by atoms with Crippen LogP contribution in [0.25, 0.3) is 0 Å². The van der Waals surface area contributed by atoms with E-state index in [1.165, 1.54) is 6.07 Å². The molecule has 4 nitrogen and oxygen atoms in total. The third-order valence-electron chi connectivity index (χ3n) is 4.75. The van der Waals surface area contributed by atoms with Gasteiger partial charge in [0.25, 0.3) is 0 Å². The van der Waals surface area contributed by atoms with Crippen molar-refractivity contribution in [1.29, 1.82) is 0 Å². The molecule has 1 N–H and O–H groups in total. The number of carboxylic acid groups (broad SMARTS) is 1. The molecule has 2 rings (SSSR count). The molecule has 5 heteroatoms. The second kappa shape index (κ2) is 7.77. The first-order valence-corrected chi connectivity index (χ1v) is 8.35. The summed E-state index contributed by atoms with van der Waals surface area (Å²) < 4.78 is 13.7. The van der Waals surface area contributed by atoms with Crippen molar-refractivity contribution in [3.05, 3.63) is 29.6 Å². The minimum atomic E-state index is -0.735. The number of hydrogen-bond donors (Lipinski definition) is 1. The number of aliphatic carboxylic acids is 1. The lowest BCUT2D eigenvalue weighted by Gasteiger charge is -2.27. The minimum Gasteiger partial charge on any atom is -0.481 e. The Bertz CT molecular complexity index is 550. The number of carboxylic acids is 1. The number of nitrogens with zero attached hydrogens (tertiary/aromatic N) is 2. The van der Waals surface area contributed by atoms with Crippen molar-refractivity contribution in [2.75, 3.05) is 31.6 Å². The molecule has 1 aromatic carbocycles. The van der Waals surface area contributed by atoms with E-state index in [1.807, 2.05) is 13.1 Å². The summed E-state index contributed by atoms with van der Waals surface area (Å²) in [4.78, 5) is 15.4. The van der Waals surface area contributed by atoms with Crippen LogP contribution in [-0.2, 0) is 11.3 Å². The number of anilines is 1. The fraction of sp³-hybridized carbons (Fsp3) is 0.611. The molecule has 0 amide bonds. The van der Waals surface area contributed by atoms with Gasteiger partial charge in [-0.25, -0.2) is 4.39 Å². The summed E-state index contributed by atoms with van der Waals surface area (Å²) in [5.41, 5.74) is 1.97. The summed E-state index contributed by atoms with van der Waals surface area (Å²) in [7, 11) is 2.03. The van der Waals surface area contributed by atoms with Crippen molar-refractivity contribution in [2.24, 2.45) is 11.8 Å². The van der Waals surface area contributed by atoms with Gasteiger partial charge in [0.2, 0.25) is 0 Å². The molecule has 0 radical (unpaired) electrons. The highest BCUT2D eigenvalue weighted by Crippen LogP contribution is 2.26. The maximum atomic E-state index is 13.7. The monoisotopic (exact) mass is 322 g/mol. The van der Waals surface area contributed by atoms with Gasteiger partial charge in [0.05, 0.1) is 5.92 Å². The zero-order valence-electron chi connectivity index (χ0n) is 14.3. The largest absolute Gasteiger partial charge is 0.481 e. The average molecular weight is 322 g/mol. The van der Waals surface area contributed by atoms with Crippen molar-refractivity contribution in [2.45, 2.75) is 33.2 Å². The molecule has 0 spiro atoms. The van der Waals surface area contributed by atoms with Gasteiger partial charge in [0, 0.05) is 32.4 Å². The van der Waals surface area contributed by atoms with Crippen LogP contribution < -0.4 is 4.90 Å². The third-order valence-corrected chi connectivity index (χ3v) is 4.75. The topological polar surface area (TPSA) is 43.8 Å². The Hall–Kier alpha value is -1.62. The summed E-state index contributed by atoms with van der Waals surface area (Å²) in [5.74, 6) is -0.707. The highest BCUT2D eigenvalue weighted by atomic mass is 19.1. The van der Waals surface area contributed by atoms with Crippen LogP contribution in [0.1, 0.15) is 32.3 Å². The molecule has 1 saturated heterocycles.